The number of rotatable bonds is 7. The third kappa shape index (κ3) is 17.5. The number of fused-ring (bicyclic) bond motifs is 16. The molecule has 0 amide bonds. The van der Waals surface area contributed by atoms with Crippen molar-refractivity contribution >= 4 is 92.7 Å². The van der Waals surface area contributed by atoms with Crippen molar-refractivity contribution in [3.63, 3.8) is 0 Å². The summed E-state index contributed by atoms with van der Waals surface area (Å²) < 4.78 is 0. The Kier molecular flexibility index (Phi) is 23.2. The van der Waals surface area contributed by atoms with E-state index < -0.39 is 0 Å². The van der Waals surface area contributed by atoms with Gasteiger partial charge in [0, 0.05) is 0 Å². The molecule has 0 N–H and O–H groups in total. The van der Waals surface area contributed by atoms with E-state index in [1.54, 1.807) is 12.1 Å². The van der Waals surface area contributed by atoms with Crippen LogP contribution in [0.3, 0.4) is 0 Å². The molecule has 1 radical (unpaired) electrons. The second-order valence-corrected chi connectivity index (χ2v) is 42.0. The summed E-state index contributed by atoms with van der Waals surface area (Å²) in [5.41, 5.74) is 28.9. The maximum absolute atomic E-state index is 10.7. The minimum Gasteiger partial charge on any atom is -0.657 e. The van der Waals surface area contributed by atoms with E-state index in [0.29, 0.717) is 145 Å². The molecule has 16 bridgehead atoms. The van der Waals surface area contributed by atoms with Crippen molar-refractivity contribution in [2.24, 2.45) is 0 Å². The zero-order chi connectivity index (χ0) is 88.8. The Labute approximate surface area is 766 Å². The summed E-state index contributed by atoms with van der Waals surface area (Å²) in [7, 11) is 0. The molecule has 16 rings (SSSR count). The molecule has 6 aromatic carbocycles. The van der Waals surface area contributed by atoms with Crippen LogP contribution in [0.25, 0.3) is 171 Å². The topological polar surface area (TPSA) is 203 Å². The van der Waals surface area contributed by atoms with Crippen LogP contribution in [0.4, 0.5) is 0 Å². The van der Waals surface area contributed by atoms with E-state index in [9.17, 15) is 21.0 Å². The van der Waals surface area contributed by atoms with Crippen molar-refractivity contribution in [1.82, 2.24) is 39.9 Å². The van der Waals surface area contributed by atoms with E-state index in [0.717, 1.165) is 89.0 Å². The second kappa shape index (κ2) is 32.6. The van der Waals surface area contributed by atoms with Gasteiger partial charge < -0.3 is 19.9 Å². The predicted octanol–water partition coefficient (Wildman–Crippen LogP) is 27.7. The van der Waals surface area contributed by atoms with E-state index in [1.165, 1.54) is 0 Å². The molecule has 4 aliphatic heterocycles. The number of hydrogen-bond acceptors (Lipinski definition) is 8. The van der Waals surface area contributed by atoms with E-state index in [2.05, 4.69) is 336 Å². The fourth-order valence-electron chi connectivity index (χ4n) is 16.8. The number of aromatic nitrogens is 8. The number of nitriles is 4. The van der Waals surface area contributed by atoms with Gasteiger partial charge in [-0.2, -0.15) is 21.0 Å². The Morgan fingerprint density at radius 3 is 0.476 bits per heavy atom. The fraction of sp³-hybridized carbons (Fsp3) is 0.286. The zero-order valence-electron chi connectivity index (χ0n) is 77.0. The summed E-state index contributed by atoms with van der Waals surface area (Å²) in [6.07, 6.45) is 16.6. The van der Waals surface area contributed by atoms with E-state index in [4.69, 9.17) is 39.9 Å². The quantitative estimate of drug-likeness (QED) is 0.137. The molecule has 0 unspecified atom stereocenters. The summed E-state index contributed by atoms with van der Waals surface area (Å²) in [4.78, 5) is 47.3. The van der Waals surface area contributed by atoms with Crippen molar-refractivity contribution in [3.8, 4) is 102 Å². The first-order valence-electron chi connectivity index (χ1n) is 42.9. The molecule has 0 fully saturated rings. The van der Waals surface area contributed by atoms with Gasteiger partial charge in [0.05, 0.1) is 92.1 Å². The van der Waals surface area contributed by atoms with Crippen LogP contribution in [0.15, 0.2) is 158 Å². The van der Waals surface area contributed by atoms with Gasteiger partial charge in [-0.1, -0.05) is 287 Å². The first-order chi connectivity index (χ1) is 58.2. The van der Waals surface area contributed by atoms with Gasteiger partial charge >= 0.3 is 36.5 Å². The normalized spacial score (nSPS) is 13.0. The Balaban J connectivity index is 0.00000644. The van der Waals surface area contributed by atoms with Crippen molar-refractivity contribution in [2.45, 2.75) is 209 Å². The first-order valence-corrected chi connectivity index (χ1v) is 42.9. The average Bonchev–Trinajstić information content (AvgIpc) is 1.58. The van der Waals surface area contributed by atoms with E-state index in [-0.39, 0.29) is 79.9 Å². The summed E-state index contributed by atoms with van der Waals surface area (Å²) in [6, 6.07) is 64.3. The molecule has 0 spiro atoms. The molecule has 4 aliphatic rings. The van der Waals surface area contributed by atoms with Gasteiger partial charge in [-0.15, -0.1) is 44.1 Å². The van der Waals surface area contributed by atoms with Crippen LogP contribution in [-0.2, 0) is 79.9 Å². The molecule has 0 aliphatic carbocycles. The maximum Gasteiger partial charge on any atom is 2.00 e. The number of hydrogen-bond donors (Lipinski definition) is 0. The van der Waals surface area contributed by atoms with E-state index in [1.807, 2.05) is 48.6 Å². The molecule has 0 saturated heterocycles. The minimum atomic E-state index is -0.282. The van der Waals surface area contributed by atoms with Crippen LogP contribution in [0.2, 0.25) is 0 Å². The largest absolute Gasteiger partial charge is 2.00 e. The standard InChI is InChI=1S/C112H106N12.Cu.Zn/c1-105(2,3)73-47-69(48-74(55-73)106(4,5)6)99-85-29-25-81(117-85)97(67-43-63(59-113)41-64(44-67)60-114)82-26-30-86(118-82)100(70-49-75(107(7,8)9)56-76(50-70)108(10,11)12)90-34-38-94(122-90)103(93-37-33-89(99)121-93)104-95-39-35-91(123-95)101(71-51-77(109(13,14)15)57-78(52-71)110(16,17)18)87-31-27-83(119-87)98(68-45-65(61-115)42-66(46-68)62-116)84-28-32-88(120-84)102(92-36-40-96(104)124-92)72-53-79(111(19,20)21)58-80(54-72)112(22,23)24;;/h25-58H,1-24H3;;/q-4;2*+2. The van der Waals surface area contributed by atoms with Gasteiger partial charge in [-0.05, 0) is 251 Å². The Bertz CT molecular complexity index is 6460. The second-order valence-electron chi connectivity index (χ2n) is 42.0. The van der Waals surface area contributed by atoms with Crippen molar-refractivity contribution < 1.29 is 36.5 Å². The van der Waals surface area contributed by atoms with E-state index >= 15 is 0 Å². The number of nitrogens with zero attached hydrogens (tertiary/aromatic N) is 12. The summed E-state index contributed by atoms with van der Waals surface area (Å²) in [6.45, 7) is 54.1. The molecule has 0 atom stereocenters. The molecule has 0 saturated carbocycles. The van der Waals surface area contributed by atoms with Crippen LogP contribution < -0.4 is 19.9 Å². The zero-order valence-corrected chi connectivity index (χ0v) is 80.9. The van der Waals surface area contributed by atoms with Crippen molar-refractivity contribution in [1.29, 1.82) is 21.0 Å². The van der Waals surface area contributed by atoms with Gasteiger partial charge in [0.2, 0.25) is 0 Å². The summed E-state index contributed by atoms with van der Waals surface area (Å²) in [5.74, 6) is 0. The fourth-order valence-corrected chi connectivity index (χ4v) is 16.8. The van der Waals surface area contributed by atoms with Crippen molar-refractivity contribution in [3.05, 3.63) is 270 Å². The maximum atomic E-state index is 10.7. The third-order valence-corrected chi connectivity index (χ3v) is 24.2. The molecular formula is C112H106CuN12Zn. The van der Waals surface area contributed by atoms with Crippen LogP contribution in [0.1, 0.15) is 278 Å². The van der Waals surface area contributed by atoms with Gasteiger partial charge in [-0.25, -0.2) is 19.9 Å². The average molecular weight is 1750 g/mol. The number of benzene rings is 6. The Morgan fingerprint density at radius 1 is 0.198 bits per heavy atom. The Hall–Kier alpha value is -12.4. The van der Waals surface area contributed by atoms with Gasteiger partial charge in [0.25, 0.3) is 0 Å². The van der Waals surface area contributed by atoms with Crippen LogP contribution >= 0.6 is 0 Å². The molecule has 6 aromatic heterocycles. The minimum absolute atomic E-state index is 0. The molecule has 12 aromatic rings. The predicted molar refractivity (Wildman–Crippen MR) is 514 cm³/mol. The molecular weight excluding hydrogens is 1640 g/mol. The molecule has 627 valence electrons. The third-order valence-electron chi connectivity index (χ3n) is 24.2. The summed E-state index contributed by atoms with van der Waals surface area (Å²) in [5, 5.41) is 42.8. The molecule has 126 heavy (non-hydrogen) atoms. The monoisotopic (exact) mass is 1750 g/mol. The summed E-state index contributed by atoms with van der Waals surface area (Å²) >= 11 is 0. The first kappa shape index (κ1) is 89.9. The SMILES string of the molecule is CC(C)(C)c1cc(-c2c3nc(c(-c4c5nc(c(-c6cc(C(C)(C)C)cc(C(C)(C)C)c6)c6ccc([n-]6)c(-c6cc(C#N)cc(C#N)c6)c6nc(c(-c7cc(C(C)(C)C)cc(C(C)(C)C)c7)c7ccc4[n-]7)C=C6)C=C5)c4ccc([n-]4)c(-c4cc(C(C)(C)C)cc(C(C)(C)C)c4)c4nc(c(-c5cc(C#N)cc(C#N)c5)c5ccc2[n-]5)C=C4)C=C3)cc(C(C)(C)C)c1.[Cu+2].[Zn+2]. The molecule has 10 heterocycles. The van der Waals surface area contributed by atoms with Gasteiger partial charge in [0.1, 0.15) is 0 Å². The smallest absolute Gasteiger partial charge is 0.657 e. The molecule has 14 heteroatoms. The molecule has 12 nitrogen and oxygen atoms in total. The Morgan fingerprint density at radius 2 is 0.333 bits per heavy atom. The van der Waals surface area contributed by atoms with Gasteiger partial charge in [0.15, 0.2) is 0 Å². The van der Waals surface area contributed by atoms with Crippen LogP contribution in [0, 0.1) is 45.3 Å². The van der Waals surface area contributed by atoms with Gasteiger partial charge in [-0.3, -0.25) is 0 Å². The van der Waals surface area contributed by atoms with Crippen LogP contribution in [0.5, 0.6) is 0 Å². The van der Waals surface area contributed by atoms with Crippen molar-refractivity contribution in [2.75, 3.05) is 0 Å². The van der Waals surface area contributed by atoms with Crippen LogP contribution in [-0.4, -0.2) is 19.9 Å².